The minimum Gasteiger partial charge on any atom is -0.496 e. The number of nitrogens with zero attached hydrogens (tertiary/aromatic N) is 2. The highest BCUT2D eigenvalue weighted by Gasteiger charge is 2.21. The molecule has 2 atom stereocenters. The summed E-state index contributed by atoms with van der Waals surface area (Å²) in [5, 5.41) is 13.8. The molecule has 20 heavy (non-hydrogen) atoms. The van der Waals surface area contributed by atoms with E-state index in [0.29, 0.717) is 24.6 Å². The highest BCUT2D eigenvalue weighted by molar-refractivity contribution is 5.35. The van der Waals surface area contributed by atoms with E-state index < -0.39 is 6.10 Å². The fraction of sp³-hybridized carbons (Fsp3) is 0.467. The minimum atomic E-state index is -0.463. The highest BCUT2D eigenvalue weighted by atomic mass is 16.5. The van der Waals surface area contributed by atoms with Gasteiger partial charge in [-0.1, -0.05) is 37.2 Å². The van der Waals surface area contributed by atoms with Crippen molar-refractivity contribution >= 4 is 0 Å². The number of hydrogen-bond donors (Lipinski definition) is 1. The Bertz CT molecular complexity index is 554. The quantitative estimate of drug-likeness (QED) is 0.878. The van der Waals surface area contributed by atoms with Crippen LogP contribution in [0.3, 0.4) is 0 Å². The molecule has 0 saturated heterocycles. The number of aliphatic hydroxyl groups excluding tert-OH is 1. The van der Waals surface area contributed by atoms with Crippen LogP contribution < -0.4 is 4.74 Å². The van der Waals surface area contributed by atoms with Crippen LogP contribution in [0.4, 0.5) is 0 Å². The first kappa shape index (κ1) is 14.5. The fourth-order valence-electron chi connectivity index (χ4n) is 2.06. The van der Waals surface area contributed by atoms with E-state index in [1.807, 2.05) is 38.1 Å². The summed E-state index contributed by atoms with van der Waals surface area (Å²) in [6.07, 6.45) is 0.739. The van der Waals surface area contributed by atoms with E-state index in [1.54, 1.807) is 7.11 Å². The largest absolute Gasteiger partial charge is 0.496 e. The van der Waals surface area contributed by atoms with Crippen LogP contribution in [0.5, 0.6) is 5.75 Å². The van der Waals surface area contributed by atoms with Crippen molar-refractivity contribution in [3.63, 3.8) is 0 Å². The number of hydrogen-bond acceptors (Lipinski definition) is 5. The minimum absolute atomic E-state index is 0.154. The van der Waals surface area contributed by atoms with E-state index in [0.717, 1.165) is 11.3 Å². The number of rotatable bonds is 6. The summed E-state index contributed by atoms with van der Waals surface area (Å²) in [6, 6.07) is 7.74. The zero-order valence-electron chi connectivity index (χ0n) is 12.0. The van der Waals surface area contributed by atoms with Crippen LogP contribution in [0.25, 0.3) is 0 Å². The summed E-state index contributed by atoms with van der Waals surface area (Å²) in [5.74, 6) is 1.73. The molecule has 0 spiro atoms. The van der Waals surface area contributed by atoms with E-state index in [4.69, 9.17) is 9.26 Å². The molecule has 1 aromatic carbocycles. The normalized spacial score (nSPS) is 14.0. The zero-order valence-corrected chi connectivity index (χ0v) is 12.0. The molecule has 0 aliphatic rings. The summed E-state index contributed by atoms with van der Waals surface area (Å²) in [6.45, 7) is 3.81. The van der Waals surface area contributed by atoms with Crippen molar-refractivity contribution in [3.8, 4) is 5.75 Å². The van der Waals surface area contributed by atoms with E-state index in [9.17, 15) is 5.11 Å². The standard InChI is InChI=1S/C15H20N2O3/c1-4-12(18)10(2)15-16-14(17-20-15)9-11-7-5-6-8-13(11)19-3/h5-8,10,12,18H,4,9H2,1-3H3. The van der Waals surface area contributed by atoms with Crippen LogP contribution in [0.1, 0.15) is 43.5 Å². The molecule has 2 rings (SSSR count). The molecular formula is C15H20N2O3. The molecule has 0 aliphatic carbocycles. The number of ether oxygens (including phenoxy) is 1. The maximum Gasteiger partial charge on any atom is 0.232 e. The molecule has 0 fully saturated rings. The summed E-state index contributed by atoms with van der Waals surface area (Å²) >= 11 is 0. The van der Waals surface area contributed by atoms with Crippen molar-refractivity contribution in [1.82, 2.24) is 10.1 Å². The van der Waals surface area contributed by atoms with Gasteiger partial charge in [0.05, 0.1) is 19.1 Å². The maximum absolute atomic E-state index is 9.81. The third-order valence-corrected chi connectivity index (χ3v) is 3.41. The van der Waals surface area contributed by atoms with Gasteiger partial charge in [-0.3, -0.25) is 0 Å². The zero-order chi connectivity index (χ0) is 14.5. The Morgan fingerprint density at radius 3 is 2.80 bits per heavy atom. The predicted molar refractivity (Wildman–Crippen MR) is 74.8 cm³/mol. The number of methoxy groups -OCH3 is 1. The lowest BCUT2D eigenvalue weighted by Gasteiger charge is -2.11. The molecule has 2 unspecified atom stereocenters. The lowest BCUT2D eigenvalue weighted by atomic mass is 10.0. The maximum atomic E-state index is 9.81. The topological polar surface area (TPSA) is 68.4 Å². The molecule has 1 aromatic heterocycles. The first-order valence-corrected chi connectivity index (χ1v) is 6.78. The molecular weight excluding hydrogens is 256 g/mol. The van der Waals surface area contributed by atoms with Crippen molar-refractivity contribution < 1.29 is 14.4 Å². The second-order valence-corrected chi connectivity index (χ2v) is 4.80. The van der Waals surface area contributed by atoms with Gasteiger partial charge in [0.2, 0.25) is 5.89 Å². The van der Waals surface area contributed by atoms with Gasteiger partial charge in [-0.05, 0) is 12.5 Å². The van der Waals surface area contributed by atoms with Crippen molar-refractivity contribution in [2.45, 2.75) is 38.7 Å². The van der Waals surface area contributed by atoms with Gasteiger partial charge >= 0.3 is 0 Å². The van der Waals surface area contributed by atoms with E-state index in [1.165, 1.54) is 0 Å². The van der Waals surface area contributed by atoms with Crippen molar-refractivity contribution in [3.05, 3.63) is 41.5 Å². The summed E-state index contributed by atoms with van der Waals surface area (Å²) in [5.41, 5.74) is 1.01. The average molecular weight is 276 g/mol. The molecule has 108 valence electrons. The third kappa shape index (κ3) is 3.17. The van der Waals surface area contributed by atoms with Gasteiger partial charge < -0.3 is 14.4 Å². The Morgan fingerprint density at radius 2 is 2.10 bits per heavy atom. The highest BCUT2D eigenvalue weighted by Crippen LogP contribution is 2.22. The van der Waals surface area contributed by atoms with Gasteiger partial charge in [0, 0.05) is 12.0 Å². The van der Waals surface area contributed by atoms with Crippen LogP contribution in [0, 0.1) is 0 Å². The smallest absolute Gasteiger partial charge is 0.232 e. The molecule has 5 heteroatoms. The van der Waals surface area contributed by atoms with E-state index in [-0.39, 0.29) is 5.92 Å². The molecule has 1 heterocycles. The monoisotopic (exact) mass is 276 g/mol. The molecule has 1 N–H and O–H groups in total. The van der Waals surface area contributed by atoms with Crippen LogP contribution in [-0.4, -0.2) is 28.5 Å². The Morgan fingerprint density at radius 1 is 1.35 bits per heavy atom. The molecule has 0 aliphatic heterocycles. The molecule has 2 aromatic rings. The summed E-state index contributed by atoms with van der Waals surface area (Å²) in [4.78, 5) is 4.36. The number of benzene rings is 1. The fourth-order valence-corrected chi connectivity index (χ4v) is 2.06. The van der Waals surface area contributed by atoms with E-state index in [2.05, 4.69) is 10.1 Å². The Balaban J connectivity index is 2.13. The van der Waals surface area contributed by atoms with Gasteiger partial charge in [-0.2, -0.15) is 4.98 Å². The number of aliphatic hydroxyl groups is 1. The predicted octanol–water partition coefficient (Wildman–Crippen LogP) is 2.54. The first-order chi connectivity index (χ1) is 9.65. The Kier molecular flexibility index (Phi) is 4.74. The second kappa shape index (κ2) is 6.52. The lowest BCUT2D eigenvalue weighted by Crippen LogP contribution is -2.14. The number of aromatic nitrogens is 2. The third-order valence-electron chi connectivity index (χ3n) is 3.41. The molecule has 0 saturated carbocycles. The van der Waals surface area contributed by atoms with Gasteiger partial charge in [0.1, 0.15) is 5.75 Å². The van der Waals surface area contributed by atoms with Gasteiger partial charge in [0.15, 0.2) is 5.82 Å². The Labute approximate surface area is 118 Å². The summed E-state index contributed by atoms with van der Waals surface area (Å²) in [7, 11) is 1.64. The van der Waals surface area contributed by atoms with Gasteiger partial charge in [-0.25, -0.2) is 0 Å². The van der Waals surface area contributed by atoms with Crippen LogP contribution >= 0.6 is 0 Å². The SMILES string of the molecule is CCC(O)C(C)c1nc(Cc2ccccc2OC)no1. The van der Waals surface area contributed by atoms with Crippen LogP contribution in [0.2, 0.25) is 0 Å². The number of para-hydroxylation sites is 1. The first-order valence-electron chi connectivity index (χ1n) is 6.78. The summed E-state index contributed by atoms with van der Waals surface area (Å²) < 4.78 is 10.5. The molecule has 0 amide bonds. The van der Waals surface area contributed by atoms with E-state index >= 15 is 0 Å². The molecule has 0 bridgehead atoms. The van der Waals surface area contributed by atoms with Crippen LogP contribution in [0.15, 0.2) is 28.8 Å². The van der Waals surface area contributed by atoms with Crippen molar-refractivity contribution in [2.24, 2.45) is 0 Å². The van der Waals surface area contributed by atoms with Crippen molar-refractivity contribution in [2.75, 3.05) is 7.11 Å². The van der Waals surface area contributed by atoms with Gasteiger partial charge in [0.25, 0.3) is 0 Å². The van der Waals surface area contributed by atoms with Crippen LogP contribution in [-0.2, 0) is 6.42 Å². The Hall–Kier alpha value is -1.88. The second-order valence-electron chi connectivity index (χ2n) is 4.80. The van der Waals surface area contributed by atoms with Crippen molar-refractivity contribution in [1.29, 1.82) is 0 Å². The van der Waals surface area contributed by atoms with Gasteiger partial charge in [-0.15, -0.1) is 0 Å². The lowest BCUT2D eigenvalue weighted by molar-refractivity contribution is 0.129. The molecule has 0 radical (unpaired) electrons. The molecule has 5 nitrogen and oxygen atoms in total. The average Bonchev–Trinajstić information content (AvgIpc) is 2.94.